The molecular formula is C14H24N2O4. The average molecular weight is 284 g/mol. The molecule has 1 aliphatic heterocycles. The third kappa shape index (κ3) is 4.03. The van der Waals surface area contributed by atoms with Gasteiger partial charge < -0.3 is 10.0 Å². The number of aliphatic hydroxyl groups excluding tert-OH is 1. The molecule has 0 aromatic rings. The van der Waals surface area contributed by atoms with Gasteiger partial charge in [0, 0.05) is 38.4 Å². The number of imide groups is 1. The molecule has 0 unspecified atom stereocenters. The van der Waals surface area contributed by atoms with E-state index in [1.807, 2.05) is 13.8 Å². The van der Waals surface area contributed by atoms with Crippen LogP contribution in [0.25, 0.3) is 0 Å². The molecule has 0 radical (unpaired) electrons. The summed E-state index contributed by atoms with van der Waals surface area (Å²) in [5.41, 5.74) is 0. The molecule has 0 aromatic carbocycles. The second-order valence-electron chi connectivity index (χ2n) is 4.97. The Morgan fingerprint density at radius 1 is 1.25 bits per heavy atom. The summed E-state index contributed by atoms with van der Waals surface area (Å²) < 4.78 is 0. The zero-order valence-corrected chi connectivity index (χ0v) is 12.3. The number of amides is 3. The van der Waals surface area contributed by atoms with E-state index in [0.717, 1.165) is 12.8 Å². The molecule has 1 N–H and O–H groups in total. The van der Waals surface area contributed by atoms with Crippen LogP contribution in [-0.2, 0) is 14.4 Å². The van der Waals surface area contributed by atoms with Gasteiger partial charge in [-0.25, -0.2) is 0 Å². The van der Waals surface area contributed by atoms with Crippen molar-refractivity contribution in [2.45, 2.75) is 52.0 Å². The van der Waals surface area contributed by atoms with Gasteiger partial charge in [0.15, 0.2) is 0 Å². The van der Waals surface area contributed by atoms with Gasteiger partial charge in [0.1, 0.15) is 0 Å². The van der Waals surface area contributed by atoms with Crippen molar-refractivity contribution >= 4 is 17.7 Å². The Morgan fingerprint density at radius 2 is 1.80 bits per heavy atom. The second-order valence-corrected chi connectivity index (χ2v) is 4.97. The number of carbonyl (C=O) groups is 3. The summed E-state index contributed by atoms with van der Waals surface area (Å²) >= 11 is 0. The number of hydrogen-bond acceptors (Lipinski definition) is 4. The third-order valence-corrected chi connectivity index (χ3v) is 3.75. The van der Waals surface area contributed by atoms with Crippen molar-refractivity contribution < 1.29 is 19.5 Å². The van der Waals surface area contributed by atoms with E-state index < -0.39 is 0 Å². The van der Waals surface area contributed by atoms with Crippen LogP contribution in [0.2, 0.25) is 0 Å². The predicted molar refractivity (Wildman–Crippen MR) is 73.7 cm³/mol. The van der Waals surface area contributed by atoms with Crippen molar-refractivity contribution in [3.05, 3.63) is 0 Å². The number of carbonyl (C=O) groups excluding carboxylic acids is 3. The average Bonchev–Trinajstić information content (AvgIpc) is 2.76. The highest BCUT2D eigenvalue weighted by atomic mass is 16.3. The summed E-state index contributed by atoms with van der Waals surface area (Å²) in [6.45, 7) is 4.37. The Hall–Kier alpha value is -1.43. The summed E-state index contributed by atoms with van der Waals surface area (Å²) in [7, 11) is 0. The second kappa shape index (κ2) is 7.99. The van der Waals surface area contributed by atoms with E-state index >= 15 is 0 Å². The van der Waals surface area contributed by atoms with Crippen LogP contribution >= 0.6 is 0 Å². The first kappa shape index (κ1) is 16.6. The highest BCUT2D eigenvalue weighted by molar-refractivity contribution is 6.02. The monoisotopic (exact) mass is 284 g/mol. The maximum atomic E-state index is 12.2. The van der Waals surface area contributed by atoms with Gasteiger partial charge in [-0.3, -0.25) is 19.3 Å². The van der Waals surface area contributed by atoms with Gasteiger partial charge in [0.25, 0.3) is 0 Å². The largest absolute Gasteiger partial charge is 0.395 e. The lowest BCUT2D eigenvalue weighted by atomic mass is 10.1. The summed E-state index contributed by atoms with van der Waals surface area (Å²) in [5, 5.41) is 9.08. The van der Waals surface area contributed by atoms with Gasteiger partial charge in [-0.1, -0.05) is 13.8 Å². The van der Waals surface area contributed by atoms with Crippen LogP contribution in [0.1, 0.15) is 46.0 Å². The van der Waals surface area contributed by atoms with Crippen LogP contribution in [0.3, 0.4) is 0 Å². The third-order valence-electron chi connectivity index (χ3n) is 3.75. The molecule has 20 heavy (non-hydrogen) atoms. The van der Waals surface area contributed by atoms with Crippen molar-refractivity contribution in [3.8, 4) is 0 Å². The first-order valence-corrected chi connectivity index (χ1v) is 7.28. The molecule has 1 aliphatic rings. The molecule has 1 saturated heterocycles. The Labute approximate surface area is 119 Å². The van der Waals surface area contributed by atoms with Crippen molar-refractivity contribution in [2.75, 3.05) is 19.7 Å². The first-order valence-electron chi connectivity index (χ1n) is 7.28. The molecule has 0 saturated carbocycles. The zero-order chi connectivity index (χ0) is 15.1. The van der Waals surface area contributed by atoms with E-state index in [1.54, 1.807) is 4.90 Å². The van der Waals surface area contributed by atoms with Gasteiger partial charge >= 0.3 is 0 Å². The molecular weight excluding hydrogens is 260 g/mol. The van der Waals surface area contributed by atoms with E-state index in [1.165, 1.54) is 4.90 Å². The fourth-order valence-electron chi connectivity index (χ4n) is 2.57. The molecule has 0 bridgehead atoms. The van der Waals surface area contributed by atoms with Crippen LogP contribution in [-0.4, -0.2) is 58.4 Å². The van der Waals surface area contributed by atoms with Gasteiger partial charge in [0.2, 0.25) is 17.7 Å². The molecule has 0 spiro atoms. The van der Waals surface area contributed by atoms with Crippen LogP contribution < -0.4 is 0 Å². The number of rotatable bonds is 8. The Bertz CT molecular complexity index is 350. The summed E-state index contributed by atoms with van der Waals surface area (Å²) in [4.78, 5) is 38.0. The molecule has 6 heteroatoms. The molecule has 0 aromatic heterocycles. The van der Waals surface area contributed by atoms with Crippen molar-refractivity contribution in [1.82, 2.24) is 9.80 Å². The van der Waals surface area contributed by atoms with Gasteiger partial charge in [-0.15, -0.1) is 0 Å². The van der Waals surface area contributed by atoms with E-state index in [2.05, 4.69) is 0 Å². The van der Waals surface area contributed by atoms with Crippen molar-refractivity contribution in [2.24, 2.45) is 0 Å². The molecule has 0 atom stereocenters. The normalized spacial score (nSPS) is 15.3. The Balaban J connectivity index is 2.57. The highest BCUT2D eigenvalue weighted by Crippen LogP contribution is 2.14. The van der Waals surface area contributed by atoms with Crippen LogP contribution in [0.15, 0.2) is 0 Å². The minimum absolute atomic E-state index is 0.0795. The molecule has 1 rings (SSSR count). The molecule has 6 nitrogen and oxygen atoms in total. The maximum Gasteiger partial charge on any atom is 0.229 e. The lowest BCUT2D eigenvalue weighted by molar-refractivity contribution is -0.140. The van der Waals surface area contributed by atoms with Crippen LogP contribution in [0, 0.1) is 0 Å². The van der Waals surface area contributed by atoms with Gasteiger partial charge in [-0.05, 0) is 12.8 Å². The summed E-state index contributed by atoms with van der Waals surface area (Å²) in [6, 6.07) is 0.0969. The van der Waals surface area contributed by atoms with Gasteiger partial charge in [0.05, 0.1) is 6.61 Å². The quantitative estimate of drug-likeness (QED) is 0.660. The number of aliphatic hydroxyl groups is 1. The van der Waals surface area contributed by atoms with Crippen molar-refractivity contribution in [3.63, 3.8) is 0 Å². The zero-order valence-electron chi connectivity index (χ0n) is 12.3. The lowest BCUT2D eigenvalue weighted by Crippen LogP contribution is -2.43. The highest BCUT2D eigenvalue weighted by Gasteiger charge is 2.30. The minimum Gasteiger partial charge on any atom is -0.395 e. The smallest absolute Gasteiger partial charge is 0.229 e. The first-order chi connectivity index (χ1) is 9.54. The SMILES string of the molecule is CCC(CC)N(CCO)C(=O)CCN1C(=O)CCC1=O. The fourth-order valence-corrected chi connectivity index (χ4v) is 2.57. The van der Waals surface area contributed by atoms with Gasteiger partial charge in [-0.2, -0.15) is 0 Å². The topological polar surface area (TPSA) is 77.9 Å². The molecule has 0 aliphatic carbocycles. The lowest BCUT2D eigenvalue weighted by Gasteiger charge is -2.30. The molecule has 1 fully saturated rings. The van der Waals surface area contributed by atoms with E-state index in [-0.39, 0.29) is 56.2 Å². The maximum absolute atomic E-state index is 12.2. The van der Waals surface area contributed by atoms with Crippen LogP contribution in [0.4, 0.5) is 0 Å². The van der Waals surface area contributed by atoms with Crippen molar-refractivity contribution in [1.29, 1.82) is 0 Å². The van der Waals surface area contributed by atoms with E-state index in [4.69, 9.17) is 5.11 Å². The summed E-state index contributed by atoms with van der Waals surface area (Å²) in [5.74, 6) is -0.502. The predicted octanol–water partition coefficient (Wildman–Crippen LogP) is 0.535. The number of likely N-dealkylation sites (tertiary alicyclic amines) is 1. The van der Waals surface area contributed by atoms with E-state index in [0.29, 0.717) is 6.54 Å². The fraction of sp³-hybridized carbons (Fsp3) is 0.786. The van der Waals surface area contributed by atoms with Crippen LogP contribution in [0.5, 0.6) is 0 Å². The molecule has 1 heterocycles. The molecule has 3 amide bonds. The number of hydrogen-bond donors (Lipinski definition) is 1. The summed E-state index contributed by atoms with van der Waals surface area (Å²) in [6.07, 6.45) is 2.28. The Morgan fingerprint density at radius 3 is 2.25 bits per heavy atom. The molecule has 114 valence electrons. The van der Waals surface area contributed by atoms with E-state index in [9.17, 15) is 14.4 Å². The number of nitrogens with zero attached hydrogens (tertiary/aromatic N) is 2. The Kier molecular flexibility index (Phi) is 6.64. The minimum atomic E-state index is -0.195. The standard InChI is InChI=1S/C14H24N2O4/c1-3-11(4-2)15(9-10-17)14(20)7-8-16-12(18)5-6-13(16)19/h11,17H,3-10H2,1-2H3.